The number of aromatic nitrogens is 1. The lowest BCUT2D eigenvalue weighted by Gasteiger charge is -2.26. The summed E-state index contributed by atoms with van der Waals surface area (Å²) >= 11 is 1.92. The normalized spacial score (nSPS) is 23.2. The van der Waals surface area contributed by atoms with Gasteiger partial charge in [0.1, 0.15) is 0 Å². The highest BCUT2D eigenvalue weighted by Gasteiger charge is 2.45. The van der Waals surface area contributed by atoms with E-state index in [1.165, 1.54) is 0 Å². The van der Waals surface area contributed by atoms with Gasteiger partial charge in [0.25, 0.3) is 0 Å². The first-order valence-corrected chi connectivity index (χ1v) is 6.50. The number of likely N-dealkylation sites (N-methyl/N-ethyl adjacent to an activating group) is 1. The highest BCUT2D eigenvalue weighted by atomic mass is 127. The van der Waals surface area contributed by atoms with Gasteiger partial charge < -0.3 is 4.90 Å². The van der Waals surface area contributed by atoms with Gasteiger partial charge in [0, 0.05) is 18.8 Å². The van der Waals surface area contributed by atoms with E-state index in [0.29, 0.717) is 9.99 Å². The predicted octanol–water partition coefficient (Wildman–Crippen LogP) is 2.55. The Morgan fingerprint density at radius 2 is 2.24 bits per heavy atom. The van der Waals surface area contributed by atoms with Crippen LogP contribution < -0.4 is 0 Å². The van der Waals surface area contributed by atoms with E-state index in [9.17, 15) is 9.18 Å². The second-order valence-electron chi connectivity index (χ2n) is 4.96. The Morgan fingerprint density at radius 3 is 2.76 bits per heavy atom. The molecule has 2 rings (SSSR count). The van der Waals surface area contributed by atoms with E-state index in [0.717, 1.165) is 0 Å². The zero-order valence-corrected chi connectivity index (χ0v) is 12.2. The zero-order valence-electron chi connectivity index (χ0n) is 10.00. The van der Waals surface area contributed by atoms with Crippen molar-refractivity contribution in [2.75, 3.05) is 7.05 Å². The molecule has 0 N–H and O–H groups in total. The van der Waals surface area contributed by atoms with Gasteiger partial charge >= 0.3 is 0 Å². The Kier molecular flexibility index (Phi) is 3.14. The van der Waals surface area contributed by atoms with Gasteiger partial charge in [-0.25, -0.2) is 4.39 Å². The Labute approximate surface area is 114 Å². The number of pyridine rings is 1. The molecule has 1 aliphatic heterocycles. The van der Waals surface area contributed by atoms with Crippen LogP contribution in [0.3, 0.4) is 0 Å². The predicted molar refractivity (Wildman–Crippen MR) is 71.1 cm³/mol. The van der Waals surface area contributed by atoms with E-state index >= 15 is 0 Å². The van der Waals surface area contributed by atoms with Gasteiger partial charge in [0.15, 0.2) is 5.82 Å². The molecule has 1 saturated heterocycles. The number of carbonyl (C=O) groups is 1. The molecule has 1 aliphatic rings. The summed E-state index contributed by atoms with van der Waals surface area (Å²) in [7, 11) is 1.76. The summed E-state index contributed by atoms with van der Waals surface area (Å²) in [5.41, 5.74) is 0.0382. The standard InChI is InChI=1S/C12H14FIN2O/c1-12(2)6-7(11(17)16(12)3)10-9(13)8(14)4-5-15-10/h4-5,7H,6H2,1-3H3. The minimum atomic E-state index is -0.454. The van der Waals surface area contributed by atoms with Gasteiger partial charge in [0.05, 0.1) is 15.2 Å². The maximum absolute atomic E-state index is 14.0. The van der Waals surface area contributed by atoms with Crippen LogP contribution in [0.5, 0.6) is 0 Å². The first-order valence-electron chi connectivity index (χ1n) is 5.42. The van der Waals surface area contributed by atoms with Crippen LogP contribution in [0.4, 0.5) is 4.39 Å². The van der Waals surface area contributed by atoms with Crippen molar-refractivity contribution in [2.45, 2.75) is 31.7 Å². The molecule has 1 unspecified atom stereocenters. The van der Waals surface area contributed by atoms with Gasteiger partial charge in [-0.05, 0) is 48.9 Å². The van der Waals surface area contributed by atoms with Crippen LogP contribution >= 0.6 is 22.6 Å². The van der Waals surface area contributed by atoms with Crippen LogP contribution in [-0.2, 0) is 4.79 Å². The lowest BCUT2D eigenvalue weighted by molar-refractivity contribution is -0.130. The highest BCUT2D eigenvalue weighted by molar-refractivity contribution is 14.1. The van der Waals surface area contributed by atoms with Crippen molar-refractivity contribution in [3.63, 3.8) is 0 Å². The third kappa shape index (κ3) is 2.05. The molecule has 1 aromatic rings. The Morgan fingerprint density at radius 1 is 1.59 bits per heavy atom. The fraction of sp³-hybridized carbons (Fsp3) is 0.500. The van der Waals surface area contributed by atoms with Crippen molar-refractivity contribution < 1.29 is 9.18 Å². The molecule has 0 aliphatic carbocycles. The molecule has 0 saturated carbocycles. The van der Waals surface area contributed by atoms with Crippen molar-refractivity contribution in [1.29, 1.82) is 0 Å². The van der Waals surface area contributed by atoms with Gasteiger partial charge in [0.2, 0.25) is 5.91 Å². The molecule has 92 valence electrons. The summed E-state index contributed by atoms with van der Waals surface area (Å²) in [5, 5.41) is 0. The fourth-order valence-corrected chi connectivity index (χ4v) is 2.58. The second-order valence-corrected chi connectivity index (χ2v) is 6.12. The van der Waals surface area contributed by atoms with E-state index in [1.54, 1.807) is 24.2 Å². The molecule has 1 amide bonds. The van der Waals surface area contributed by atoms with Crippen LogP contribution in [0, 0.1) is 9.39 Å². The molecule has 2 heterocycles. The van der Waals surface area contributed by atoms with Crippen molar-refractivity contribution in [2.24, 2.45) is 0 Å². The molecular weight excluding hydrogens is 334 g/mol. The van der Waals surface area contributed by atoms with Crippen LogP contribution in [-0.4, -0.2) is 28.4 Å². The summed E-state index contributed by atoms with van der Waals surface area (Å²) in [4.78, 5) is 17.8. The fourth-order valence-electron chi connectivity index (χ4n) is 2.15. The van der Waals surface area contributed by atoms with Crippen molar-refractivity contribution in [3.8, 4) is 0 Å². The Balaban J connectivity index is 2.43. The van der Waals surface area contributed by atoms with Crippen molar-refractivity contribution >= 4 is 28.5 Å². The number of hydrogen-bond acceptors (Lipinski definition) is 2. The van der Waals surface area contributed by atoms with Crippen LogP contribution in [0.2, 0.25) is 0 Å². The summed E-state index contributed by atoms with van der Waals surface area (Å²) in [6.45, 7) is 3.97. The van der Waals surface area contributed by atoms with E-state index in [-0.39, 0.29) is 23.0 Å². The SMILES string of the molecule is CN1C(=O)C(c2nccc(I)c2F)CC1(C)C. The number of hydrogen-bond donors (Lipinski definition) is 0. The number of carbonyl (C=O) groups excluding carboxylic acids is 1. The highest BCUT2D eigenvalue weighted by Crippen LogP contribution is 2.38. The second kappa shape index (κ2) is 4.19. The third-order valence-corrected chi connectivity index (χ3v) is 4.27. The number of rotatable bonds is 1. The third-order valence-electron chi connectivity index (χ3n) is 3.44. The summed E-state index contributed by atoms with van der Waals surface area (Å²) in [6.07, 6.45) is 2.16. The maximum Gasteiger partial charge on any atom is 0.232 e. The molecule has 0 radical (unpaired) electrons. The molecule has 5 heteroatoms. The minimum absolute atomic E-state index is 0.0524. The first-order chi connectivity index (χ1) is 7.84. The zero-order chi connectivity index (χ0) is 12.8. The molecule has 0 bridgehead atoms. The molecule has 0 spiro atoms. The number of nitrogens with zero attached hydrogens (tertiary/aromatic N) is 2. The summed E-state index contributed by atoms with van der Waals surface area (Å²) in [6, 6.07) is 1.60. The van der Waals surface area contributed by atoms with Crippen LogP contribution in [0.1, 0.15) is 31.9 Å². The van der Waals surface area contributed by atoms with Gasteiger partial charge in [-0.15, -0.1) is 0 Å². The van der Waals surface area contributed by atoms with Gasteiger partial charge in [-0.1, -0.05) is 0 Å². The van der Waals surface area contributed by atoms with E-state index in [4.69, 9.17) is 0 Å². The van der Waals surface area contributed by atoms with Gasteiger partial charge in [-0.2, -0.15) is 0 Å². The van der Waals surface area contributed by atoms with Gasteiger partial charge in [-0.3, -0.25) is 9.78 Å². The molecule has 3 nitrogen and oxygen atoms in total. The number of amides is 1. The van der Waals surface area contributed by atoms with E-state index in [2.05, 4.69) is 4.98 Å². The van der Waals surface area contributed by atoms with Crippen LogP contribution in [0.25, 0.3) is 0 Å². The molecule has 17 heavy (non-hydrogen) atoms. The monoisotopic (exact) mass is 348 g/mol. The molecule has 1 fully saturated rings. The number of likely N-dealkylation sites (tertiary alicyclic amines) is 1. The lowest BCUT2D eigenvalue weighted by Crippen LogP contribution is -2.37. The quantitative estimate of drug-likeness (QED) is 0.731. The maximum atomic E-state index is 14.0. The number of halogens is 2. The molecule has 1 aromatic heterocycles. The Hall–Kier alpha value is -0.720. The Bertz CT molecular complexity index is 476. The molecular formula is C12H14FIN2O. The summed E-state index contributed by atoms with van der Waals surface area (Å²) < 4.78 is 14.5. The molecule has 0 aromatic carbocycles. The average Bonchev–Trinajstić information content (AvgIpc) is 2.46. The smallest absolute Gasteiger partial charge is 0.232 e. The van der Waals surface area contributed by atoms with E-state index < -0.39 is 5.92 Å². The average molecular weight is 348 g/mol. The largest absolute Gasteiger partial charge is 0.340 e. The minimum Gasteiger partial charge on any atom is -0.340 e. The van der Waals surface area contributed by atoms with E-state index in [1.807, 2.05) is 36.4 Å². The lowest BCUT2D eigenvalue weighted by atomic mass is 9.93. The van der Waals surface area contributed by atoms with Crippen LogP contribution in [0.15, 0.2) is 12.3 Å². The van der Waals surface area contributed by atoms with Crippen molar-refractivity contribution in [1.82, 2.24) is 9.88 Å². The summed E-state index contributed by atoms with van der Waals surface area (Å²) in [5.74, 6) is -0.870. The molecule has 1 atom stereocenters. The first kappa shape index (κ1) is 12.7. The van der Waals surface area contributed by atoms with Crippen molar-refractivity contribution in [3.05, 3.63) is 27.3 Å². The topological polar surface area (TPSA) is 33.2 Å².